The molecular weight excluding hydrogens is 332 g/mol. The average Bonchev–Trinajstić information content (AvgIpc) is 2.50. The van der Waals surface area contributed by atoms with Gasteiger partial charge in [0.05, 0.1) is 16.6 Å². The van der Waals surface area contributed by atoms with E-state index in [0.717, 1.165) is 5.56 Å². The van der Waals surface area contributed by atoms with E-state index in [9.17, 15) is 14.4 Å². The van der Waals surface area contributed by atoms with E-state index in [1.807, 2.05) is 6.92 Å². The maximum absolute atomic E-state index is 12.5. The molecule has 24 heavy (non-hydrogen) atoms. The number of nitrogens with zero attached hydrogens (tertiary/aromatic N) is 1. The number of amides is 1. The normalized spacial score (nSPS) is 10.8. The number of carbonyl (C=O) groups is 1. The summed E-state index contributed by atoms with van der Waals surface area (Å²) in [4.78, 5) is 44.4. The zero-order valence-corrected chi connectivity index (χ0v) is 13.6. The molecule has 1 amide bonds. The molecule has 0 aliphatic rings. The summed E-state index contributed by atoms with van der Waals surface area (Å²) in [6.07, 6.45) is 0. The van der Waals surface area contributed by atoms with Crippen molar-refractivity contribution < 1.29 is 4.79 Å². The van der Waals surface area contributed by atoms with Gasteiger partial charge in [-0.3, -0.25) is 19.6 Å². The molecule has 0 atom stereocenters. The highest BCUT2D eigenvalue weighted by molar-refractivity contribution is 6.31. The molecule has 1 aromatic carbocycles. The van der Waals surface area contributed by atoms with Gasteiger partial charge in [0.15, 0.2) is 0 Å². The number of benzene rings is 1. The lowest BCUT2D eigenvalue weighted by molar-refractivity contribution is 0.102. The Morgan fingerprint density at radius 1 is 1.17 bits per heavy atom. The molecule has 2 heterocycles. The zero-order chi connectivity index (χ0) is 17.4. The van der Waals surface area contributed by atoms with Crippen LogP contribution in [0.3, 0.4) is 0 Å². The minimum Gasteiger partial charge on any atom is -0.322 e. The van der Waals surface area contributed by atoms with Crippen LogP contribution in [-0.4, -0.2) is 20.9 Å². The van der Waals surface area contributed by atoms with Gasteiger partial charge in [0.25, 0.3) is 11.5 Å². The Morgan fingerprint density at radius 2 is 1.92 bits per heavy atom. The van der Waals surface area contributed by atoms with Crippen LogP contribution in [0.25, 0.3) is 11.0 Å². The molecule has 0 aliphatic carbocycles. The average molecular weight is 345 g/mol. The van der Waals surface area contributed by atoms with Crippen LogP contribution in [-0.2, 0) is 0 Å². The molecule has 0 bridgehead atoms. The van der Waals surface area contributed by atoms with Crippen LogP contribution in [0, 0.1) is 13.8 Å². The molecule has 122 valence electrons. The Labute approximate surface area is 140 Å². The number of anilines is 1. The van der Waals surface area contributed by atoms with E-state index in [1.54, 1.807) is 25.1 Å². The van der Waals surface area contributed by atoms with E-state index in [-0.39, 0.29) is 16.6 Å². The molecular formula is C16H13ClN4O3. The van der Waals surface area contributed by atoms with E-state index in [4.69, 9.17) is 11.6 Å². The predicted molar refractivity (Wildman–Crippen MR) is 91.9 cm³/mol. The standard InChI is InChI=1S/C16H13ClN4O3/c1-7-3-4-9(17)5-12(7)19-14(22)10-6-11-13(18-8(10)2)20-16(24)21-15(11)23/h3-6H,1-2H3,(H,19,22)(H2,18,20,21,23,24). The number of halogens is 1. The smallest absolute Gasteiger partial charge is 0.322 e. The van der Waals surface area contributed by atoms with Gasteiger partial charge in [0.2, 0.25) is 0 Å². The molecule has 0 radical (unpaired) electrons. The largest absolute Gasteiger partial charge is 0.327 e. The first-order chi connectivity index (χ1) is 11.3. The van der Waals surface area contributed by atoms with Gasteiger partial charge in [0.1, 0.15) is 5.65 Å². The van der Waals surface area contributed by atoms with Crippen LogP contribution in [0.1, 0.15) is 21.6 Å². The summed E-state index contributed by atoms with van der Waals surface area (Å²) in [7, 11) is 0. The first kappa shape index (κ1) is 15.9. The lowest BCUT2D eigenvalue weighted by Crippen LogP contribution is -2.24. The summed E-state index contributed by atoms with van der Waals surface area (Å²) in [5.41, 5.74) is 0.932. The summed E-state index contributed by atoms with van der Waals surface area (Å²) in [6, 6.07) is 6.56. The molecule has 3 rings (SSSR count). The number of hydrogen-bond donors (Lipinski definition) is 3. The first-order valence-corrected chi connectivity index (χ1v) is 7.44. The molecule has 7 nitrogen and oxygen atoms in total. The maximum Gasteiger partial charge on any atom is 0.327 e. The van der Waals surface area contributed by atoms with Crippen molar-refractivity contribution in [1.82, 2.24) is 15.0 Å². The van der Waals surface area contributed by atoms with Gasteiger partial charge in [-0.15, -0.1) is 0 Å². The summed E-state index contributed by atoms with van der Waals surface area (Å²) in [5.74, 6) is -0.419. The van der Waals surface area contributed by atoms with Gasteiger partial charge < -0.3 is 5.32 Å². The Morgan fingerprint density at radius 3 is 2.67 bits per heavy atom. The number of fused-ring (bicyclic) bond motifs is 1. The van der Waals surface area contributed by atoms with Crippen LogP contribution >= 0.6 is 11.6 Å². The van der Waals surface area contributed by atoms with Crippen LogP contribution in [0.2, 0.25) is 5.02 Å². The Bertz CT molecular complexity index is 1080. The van der Waals surface area contributed by atoms with Crippen molar-refractivity contribution >= 4 is 34.2 Å². The monoisotopic (exact) mass is 344 g/mol. The fraction of sp³-hybridized carbons (Fsp3) is 0.125. The molecule has 0 aliphatic heterocycles. The lowest BCUT2D eigenvalue weighted by Gasteiger charge is -2.10. The minimum absolute atomic E-state index is 0.133. The van der Waals surface area contributed by atoms with Gasteiger partial charge in [-0.25, -0.2) is 9.78 Å². The van der Waals surface area contributed by atoms with Crippen LogP contribution in [0.15, 0.2) is 33.9 Å². The quantitative estimate of drug-likeness (QED) is 0.661. The molecule has 2 aromatic heterocycles. The summed E-state index contributed by atoms with van der Waals surface area (Å²) < 4.78 is 0. The molecule has 3 N–H and O–H groups in total. The van der Waals surface area contributed by atoms with E-state index < -0.39 is 17.2 Å². The van der Waals surface area contributed by atoms with Gasteiger partial charge in [-0.05, 0) is 37.6 Å². The molecule has 0 fully saturated rings. The molecule has 8 heteroatoms. The number of hydrogen-bond acceptors (Lipinski definition) is 4. The van der Waals surface area contributed by atoms with E-state index in [2.05, 4.69) is 20.3 Å². The second-order valence-electron chi connectivity index (χ2n) is 5.34. The van der Waals surface area contributed by atoms with Crippen molar-refractivity contribution in [2.24, 2.45) is 0 Å². The molecule has 3 aromatic rings. The zero-order valence-electron chi connectivity index (χ0n) is 12.9. The maximum atomic E-state index is 12.5. The highest BCUT2D eigenvalue weighted by Crippen LogP contribution is 2.21. The van der Waals surface area contributed by atoms with Crippen molar-refractivity contribution in [3.63, 3.8) is 0 Å². The van der Waals surface area contributed by atoms with Crippen LogP contribution in [0.4, 0.5) is 5.69 Å². The Hall–Kier alpha value is -2.93. The number of rotatable bonds is 2. The number of aromatic nitrogens is 3. The summed E-state index contributed by atoms with van der Waals surface area (Å²) in [5, 5.41) is 3.39. The van der Waals surface area contributed by atoms with Crippen molar-refractivity contribution in [2.75, 3.05) is 5.32 Å². The molecule has 0 saturated carbocycles. The molecule has 0 spiro atoms. The second-order valence-corrected chi connectivity index (χ2v) is 5.78. The van der Waals surface area contributed by atoms with Gasteiger partial charge in [-0.2, -0.15) is 0 Å². The number of H-pyrrole nitrogens is 2. The summed E-state index contributed by atoms with van der Waals surface area (Å²) >= 11 is 5.95. The third-order valence-electron chi connectivity index (χ3n) is 3.61. The van der Waals surface area contributed by atoms with E-state index in [1.165, 1.54) is 6.07 Å². The van der Waals surface area contributed by atoms with Crippen molar-refractivity contribution in [3.05, 3.63) is 66.9 Å². The van der Waals surface area contributed by atoms with Crippen LogP contribution in [0.5, 0.6) is 0 Å². The number of aromatic amines is 2. The Balaban J connectivity index is 2.07. The SMILES string of the molecule is Cc1ccc(Cl)cc1NC(=O)c1cc2c(=O)[nH]c(=O)[nH]c2nc1C. The number of aryl methyl sites for hydroxylation is 2. The third kappa shape index (κ3) is 2.93. The van der Waals surface area contributed by atoms with E-state index >= 15 is 0 Å². The Kier molecular flexibility index (Phi) is 3.94. The molecule has 0 unspecified atom stereocenters. The van der Waals surface area contributed by atoms with Crippen molar-refractivity contribution in [3.8, 4) is 0 Å². The third-order valence-corrected chi connectivity index (χ3v) is 3.84. The van der Waals surface area contributed by atoms with Gasteiger partial charge in [0, 0.05) is 10.7 Å². The van der Waals surface area contributed by atoms with Crippen molar-refractivity contribution in [2.45, 2.75) is 13.8 Å². The second kappa shape index (κ2) is 5.93. The van der Waals surface area contributed by atoms with E-state index in [0.29, 0.717) is 16.4 Å². The molecule has 0 saturated heterocycles. The highest BCUT2D eigenvalue weighted by Gasteiger charge is 2.15. The topological polar surface area (TPSA) is 108 Å². The first-order valence-electron chi connectivity index (χ1n) is 7.06. The lowest BCUT2D eigenvalue weighted by atomic mass is 10.1. The van der Waals surface area contributed by atoms with Crippen molar-refractivity contribution in [1.29, 1.82) is 0 Å². The van der Waals surface area contributed by atoms with Crippen LogP contribution < -0.4 is 16.6 Å². The number of carbonyl (C=O) groups excluding carboxylic acids is 1. The highest BCUT2D eigenvalue weighted by atomic mass is 35.5. The fourth-order valence-corrected chi connectivity index (χ4v) is 2.50. The van der Waals surface area contributed by atoms with Gasteiger partial charge >= 0.3 is 5.69 Å². The minimum atomic E-state index is -0.647. The number of nitrogens with one attached hydrogen (secondary N) is 3. The number of pyridine rings is 1. The predicted octanol–water partition coefficient (Wildman–Crippen LogP) is 2.13. The summed E-state index contributed by atoms with van der Waals surface area (Å²) in [6.45, 7) is 3.46. The van der Waals surface area contributed by atoms with Gasteiger partial charge in [-0.1, -0.05) is 17.7 Å². The fourth-order valence-electron chi connectivity index (χ4n) is 2.33.